The van der Waals surface area contributed by atoms with Crippen molar-refractivity contribution in [3.8, 4) is 5.75 Å². The van der Waals surface area contributed by atoms with Crippen LogP contribution < -0.4 is 10.1 Å². The van der Waals surface area contributed by atoms with Gasteiger partial charge < -0.3 is 10.1 Å². The van der Waals surface area contributed by atoms with Crippen molar-refractivity contribution in [2.45, 2.75) is 13.8 Å². The van der Waals surface area contributed by atoms with Gasteiger partial charge >= 0.3 is 0 Å². The summed E-state index contributed by atoms with van der Waals surface area (Å²) < 4.78 is 32.8. The Labute approximate surface area is 120 Å². The molecule has 0 aliphatic heterocycles. The number of halogens is 2. The third-order valence-electron chi connectivity index (χ3n) is 3.03. The number of nitrogens with one attached hydrogen (secondary N) is 1. The topological polar surface area (TPSA) is 56.2 Å². The van der Waals surface area contributed by atoms with Crippen molar-refractivity contribution < 1.29 is 18.3 Å². The molecule has 7 heteroatoms. The number of ether oxygens (including phenoxy) is 1. The second-order valence-corrected chi connectivity index (χ2v) is 4.58. The lowest BCUT2D eigenvalue weighted by Crippen LogP contribution is -2.21. The first-order chi connectivity index (χ1) is 9.88. The van der Waals surface area contributed by atoms with E-state index in [1.165, 1.54) is 0 Å². The lowest BCUT2D eigenvalue weighted by molar-refractivity contribution is -0.118. The van der Waals surface area contributed by atoms with Gasteiger partial charge in [0.2, 0.25) is 0 Å². The maximum absolute atomic E-state index is 13.3. The first kappa shape index (κ1) is 15.0. The standard InChI is InChI=1S/C14H15F2N3O2/c1-8-14(9(2)19(3)18-8)17-13(20)7-21-12-5-4-10(15)6-11(12)16/h4-6H,7H2,1-3H3,(H,17,20). The summed E-state index contributed by atoms with van der Waals surface area (Å²) in [6.07, 6.45) is 0. The van der Waals surface area contributed by atoms with Gasteiger partial charge in [-0.1, -0.05) is 0 Å². The van der Waals surface area contributed by atoms with Crippen LogP contribution in [0.25, 0.3) is 0 Å². The average Bonchev–Trinajstić information content (AvgIpc) is 2.64. The van der Waals surface area contributed by atoms with Crippen LogP contribution in [0.3, 0.4) is 0 Å². The fourth-order valence-electron chi connectivity index (χ4n) is 1.87. The second kappa shape index (κ2) is 5.90. The molecule has 0 saturated carbocycles. The summed E-state index contributed by atoms with van der Waals surface area (Å²) in [5, 5.41) is 6.82. The molecular weight excluding hydrogens is 280 g/mol. The Balaban J connectivity index is 1.99. The molecule has 0 bridgehead atoms. The predicted octanol–water partition coefficient (Wildman–Crippen LogP) is 2.33. The van der Waals surface area contributed by atoms with E-state index >= 15 is 0 Å². The van der Waals surface area contributed by atoms with Crippen LogP contribution in [0.1, 0.15) is 11.4 Å². The minimum absolute atomic E-state index is 0.175. The zero-order chi connectivity index (χ0) is 15.6. The van der Waals surface area contributed by atoms with Crippen molar-refractivity contribution in [3.05, 3.63) is 41.2 Å². The molecule has 0 aliphatic carbocycles. The molecule has 0 fully saturated rings. The van der Waals surface area contributed by atoms with Gasteiger partial charge in [0.1, 0.15) is 5.82 Å². The maximum Gasteiger partial charge on any atom is 0.262 e. The Hall–Kier alpha value is -2.44. The quantitative estimate of drug-likeness (QED) is 0.942. The number of carbonyl (C=O) groups is 1. The minimum Gasteiger partial charge on any atom is -0.481 e. The summed E-state index contributed by atoms with van der Waals surface area (Å²) in [5.74, 6) is -2.17. The van der Waals surface area contributed by atoms with Gasteiger partial charge in [0, 0.05) is 13.1 Å². The maximum atomic E-state index is 13.3. The van der Waals surface area contributed by atoms with Crippen LogP contribution in [-0.4, -0.2) is 22.3 Å². The molecular formula is C14H15F2N3O2. The summed E-state index contributed by atoms with van der Waals surface area (Å²) in [6.45, 7) is 3.20. The molecule has 0 saturated heterocycles. The van der Waals surface area contributed by atoms with Crippen molar-refractivity contribution in [1.82, 2.24) is 9.78 Å². The normalized spacial score (nSPS) is 10.5. The van der Waals surface area contributed by atoms with Gasteiger partial charge in [-0.2, -0.15) is 5.10 Å². The summed E-state index contributed by atoms with van der Waals surface area (Å²) in [6, 6.07) is 2.90. The number of nitrogens with zero attached hydrogens (tertiary/aromatic N) is 2. The molecule has 0 atom stereocenters. The fourth-order valence-corrected chi connectivity index (χ4v) is 1.87. The van der Waals surface area contributed by atoms with E-state index in [9.17, 15) is 13.6 Å². The summed E-state index contributed by atoms with van der Waals surface area (Å²) in [4.78, 5) is 11.8. The molecule has 1 aromatic heterocycles. The molecule has 0 unspecified atom stereocenters. The predicted molar refractivity (Wildman–Crippen MR) is 73.2 cm³/mol. The van der Waals surface area contributed by atoms with Crippen LogP contribution in [0.15, 0.2) is 18.2 Å². The third-order valence-corrected chi connectivity index (χ3v) is 3.03. The lowest BCUT2D eigenvalue weighted by atomic mass is 10.3. The highest BCUT2D eigenvalue weighted by Gasteiger charge is 2.13. The summed E-state index contributed by atoms with van der Waals surface area (Å²) in [7, 11) is 1.77. The Morgan fingerprint density at radius 3 is 2.67 bits per heavy atom. The first-order valence-corrected chi connectivity index (χ1v) is 6.26. The van der Waals surface area contributed by atoms with Crippen LogP contribution in [0.5, 0.6) is 5.75 Å². The van der Waals surface area contributed by atoms with E-state index in [2.05, 4.69) is 10.4 Å². The number of benzene rings is 1. The SMILES string of the molecule is Cc1nn(C)c(C)c1NC(=O)COc1ccc(F)cc1F. The molecule has 1 amide bonds. The van der Waals surface area contributed by atoms with E-state index < -0.39 is 17.5 Å². The lowest BCUT2D eigenvalue weighted by Gasteiger charge is -2.08. The highest BCUT2D eigenvalue weighted by Crippen LogP contribution is 2.19. The molecule has 2 aromatic rings. The van der Waals surface area contributed by atoms with Crippen molar-refractivity contribution in [2.24, 2.45) is 7.05 Å². The molecule has 21 heavy (non-hydrogen) atoms. The second-order valence-electron chi connectivity index (χ2n) is 4.58. The Bertz CT molecular complexity index is 683. The number of rotatable bonds is 4. The number of aromatic nitrogens is 2. The molecule has 1 heterocycles. The Morgan fingerprint density at radius 2 is 2.10 bits per heavy atom. The van der Waals surface area contributed by atoms with Crippen molar-refractivity contribution in [3.63, 3.8) is 0 Å². The Morgan fingerprint density at radius 1 is 1.38 bits per heavy atom. The number of hydrogen-bond acceptors (Lipinski definition) is 3. The number of carbonyl (C=O) groups excluding carboxylic acids is 1. The zero-order valence-corrected chi connectivity index (χ0v) is 11.9. The highest BCUT2D eigenvalue weighted by atomic mass is 19.1. The van der Waals surface area contributed by atoms with Crippen LogP contribution in [0, 0.1) is 25.5 Å². The number of hydrogen-bond donors (Lipinski definition) is 1. The molecule has 1 N–H and O–H groups in total. The van der Waals surface area contributed by atoms with Crippen LogP contribution in [-0.2, 0) is 11.8 Å². The molecule has 5 nitrogen and oxygen atoms in total. The zero-order valence-electron chi connectivity index (χ0n) is 11.9. The van der Waals surface area contributed by atoms with Crippen molar-refractivity contribution in [2.75, 3.05) is 11.9 Å². The molecule has 0 radical (unpaired) electrons. The van der Waals surface area contributed by atoms with Crippen LogP contribution in [0.4, 0.5) is 14.5 Å². The van der Waals surface area contributed by atoms with Crippen molar-refractivity contribution in [1.29, 1.82) is 0 Å². The highest BCUT2D eigenvalue weighted by molar-refractivity contribution is 5.93. The van der Waals surface area contributed by atoms with E-state index in [0.717, 1.165) is 17.8 Å². The van der Waals surface area contributed by atoms with Crippen LogP contribution in [0.2, 0.25) is 0 Å². The fraction of sp³-hybridized carbons (Fsp3) is 0.286. The molecule has 2 rings (SSSR count). The third kappa shape index (κ3) is 3.36. The number of anilines is 1. The summed E-state index contributed by atoms with van der Waals surface area (Å²) >= 11 is 0. The molecule has 112 valence electrons. The largest absolute Gasteiger partial charge is 0.481 e. The van der Waals surface area contributed by atoms with Gasteiger partial charge in [0.05, 0.1) is 17.1 Å². The van der Waals surface area contributed by atoms with Gasteiger partial charge in [-0.25, -0.2) is 8.78 Å². The minimum atomic E-state index is -0.850. The summed E-state index contributed by atoms with van der Waals surface area (Å²) in [5.41, 5.74) is 2.08. The Kier molecular flexibility index (Phi) is 4.21. The first-order valence-electron chi connectivity index (χ1n) is 6.26. The van der Waals surface area contributed by atoms with Gasteiger partial charge in [0.25, 0.3) is 5.91 Å². The van der Waals surface area contributed by atoms with E-state index in [0.29, 0.717) is 17.4 Å². The smallest absolute Gasteiger partial charge is 0.262 e. The van der Waals surface area contributed by atoms with Crippen molar-refractivity contribution >= 4 is 11.6 Å². The number of aryl methyl sites for hydroxylation is 2. The van der Waals surface area contributed by atoms with Gasteiger partial charge in [0.15, 0.2) is 18.2 Å². The monoisotopic (exact) mass is 295 g/mol. The van der Waals surface area contributed by atoms with Gasteiger partial charge in [-0.15, -0.1) is 0 Å². The molecule has 0 spiro atoms. The molecule has 1 aromatic carbocycles. The van der Waals surface area contributed by atoms with E-state index in [1.807, 2.05) is 6.92 Å². The molecule has 0 aliphatic rings. The average molecular weight is 295 g/mol. The van der Waals surface area contributed by atoms with Crippen LogP contribution >= 0.6 is 0 Å². The van der Waals surface area contributed by atoms with E-state index in [-0.39, 0.29) is 12.4 Å². The van der Waals surface area contributed by atoms with E-state index in [4.69, 9.17) is 4.74 Å². The van der Waals surface area contributed by atoms with Gasteiger partial charge in [-0.05, 0) is 26.0 Å². The van der Waals surface area contributed by atoms with Gasteiger partial charge in [-0.3, -0.25) is 9.48 Å². The number of amides is 1. The van der Waals surface area contributed by atoms with E-state index in [1.54, 1.807) is 18.7 Å².